The molecule has 0 aliphatic carbocycles. The van der Waals surface area contributed by atoms with Gasteiger partial charge in [-0.25, -0.2) is 4.79 Å². The van der Waals surface area contributed by atoms with Crippen molar-refractivity contribution in [2.75, 3.05) is 37.0 Å². The number of hydrogen-bond acceptors (Lipinski definition) is 6. The Balaban J connectivity index is 1.73. The average molecular weight is 374 g/mol. The topological polar surface area (TPSA) is 67.9 Å². The second kappa shape index (κ2) is 8.23. The summed E-state index contributed by atoms with van der Waals surface area (Å²) in [4.78, 5) is 26.6. The van der Waals surface area contributed by atoms with Gasteiger partial charge in [-0.1, -0.05) is 12.1 Å². The molecule has 0 saturated heterocycles. The molecule has 26 heavy (non-hydrogen) atoms. The lowest BCUT2D eigenvalue weighted by Gasteiger charge is -2.32. The van der Waals surface area contributed by atoms with Crippen molar-refractivity contribution in [3.05, 3.63) is 40.8 Å². The summed E-state index contributed by atoms with van der Waals surface area (Å²) in [7, 11) is 1.64. The Bertz CT molecular complexity index is 788. The van der Waals surface area contributed by atoms with E-state index in [0.717, 1.165) is 30.8 Å². The predicted molar refractivity (Wildman–Crippen MR) is 102 cm³/mol. The molecule has 0 saturated carbocycles. The van der Waals surface area contributed by atoms with Crippen molar-refractivity contribution in [3.63, 3.8) is 0 Å². The predicted octanol–water partition coefficient (Wildman–Crippen LogP) is 3.32. The van der Waals surface area contributed by atoms with Crippen LogP contribution in [-0.2, 0) is 16.0 Å². The molecule has 2 heterocycles. The molecule has 0 radical (unpaired) electrons. The summed E-state index contributed by atoms with van der Waals surface area (Å²) in [5, 5.41) is 5.13. The minimum atomic E-state index is -0.422. The second-order valence-electron chi connectivity index (χ2n) is 5.93. The van der Waals surface area contributed by atoms with Crippen molar-refractivity contribution in [2.24, 2.45) is 0 Å². The van der Waals surface area contributed by atoms with Crippen molar-refractivity contribution in [3.8, 4) is 5.75 Å². The van der Waals surface area contributed by atoms with Crippen LogP contribution >= 0.6 is 11.3 Å². The number of para-hydroxylation sites is 1. The summed E-state index contributed by atoms with van der Waals surface area (Å²) in [6, 6.07) is 7.61. The number of anilines is 2. The van der Waals surface area contributed by atoms with Gasteiger partial charge < -0.3 is 19.7 Å². The minimum Gasteiger partial charge on any atom is -0.495 e. The summed E-state index contributed by atoms with van der Waals surface area (Å²) < 4.78 is 10.5. The van der Waals surface area contributed by atoms with Gasteiger partial charge in [0.15, 0.2) is 0 Å². The molecule has 0 spiro atoms. The number of amides is 1. The van der Waals surface area contributed by atoms with Crippen LogP contribution in [0.1, 0.15) is 29.3 Å². The van der Waals surface area contributed by atoms with E-state index in [1.807, 2.05) is 17.0 Å². The highest BCUT2D eigenvalue weighted by atomic mass is 32.1. The molecule has 0 unspecified atom stereocenters. The molecule has 1 N–H and O–H groups in total. The molecule has 1 aliphatic rings. The van der Waals surface area contributed by atoms with E-state index < -0.39 is 5.97 Å². The van der Waals surface area contributed by atoms with Crippen molar-refractivity contribution >= 4 is 33.9 Å². The highest BCUT2D eigenvalue weighted by molar-refractivity contribution is 7.14. The fraction of sp³-hybridized carbons (Fsp3) is 0.368. The third kappa shape index (κ3) is 3.83. The van der Waals surface area contributed by atoms with Crippen molar-refractivity contribution in [2.45, 2.75) is 19.8 Å². The Kier molecular flexibility index (Phi) is 5.78. The normalized spacial score (nSPS) is 13.1. The number of carbonyl (C=O) groups is 2. The molecule has 1 amide bonds. The first-order valence-electron chi connectivity index (χ1n) is 8.59. The number of rotatable bonds is 6. The van der Waals surface area contributed by atoms with Crippen LogP contribution in [0.15, 0.2) is 29.6 Å². The van der Waals surface area contributed by atoms with E-state index in [1.165, 1.54) is 16.9 Å². The smallest absolute Gasteiger partial charge is 0.341 e. The fourth-order valence-electron chi connectivity index (χ4n) is 3.14. The second-order valence-corrected chi connectivity index (χ2v) is 6.84. The Morgan fingerprint density at radius 1 is 1.31 bits per heavy atom. The zero-order valence-electron chi connectivity index (χ0n) is 14.9. The van der Waals surface area contributed by atoms with Gasteiger partial charge in [0.25, 0.3) is 0 Å². The molecular formula is C19H22N2O4S. The van der Waals surface area contributed by atoms with Gasteiger partial charge in [0, 0.05) is 6.54 Å². The number of aryl methyl sites for hydroxylation is 1. The molecule has 6 nitrogen and oxygen atoms in total. The van der Waals surface area contributed by atoms with E-state index in [1.54, 1.807) is 25.5 Å². The minimum absolute atomic E-state index is 0.170. The Morgan fingerprint density at radius 3 is 2.92 bits per heavy atom. The Morgan fingerprint density at radius 2 is 2.15 bits per heavy atom. The molecule has 1 aliphatic heterocycles. The van der Waals surface area contributed by atoms with Crippen LogP contribution in [0.5, 0.6) is 5.75 Å². The molecule has 0 fully saturated rings. The number of carbonyl (C=O) groups excluding carboxylic acids is 2. The number of esters is 1. The van der Waals surface area contributed by atoms with Crippen molar-refractivity contribution in [1.29, 1.82) is 0 Å². The number of nitrogens with zero attached hydrogens (tertiary/aromatic N) is 1. The van der Waals surface area contributed by atoms with Crippen molar-refractivity contribution < 1.29 is 19.1 Å². The molecular weight excluding hydrogens is 352 g/mol. The molecule has 0 bridgehead atoms. The van der Waals surface area contributed by atoms with Gasteiger partial charge in [-0.2, -0.15) is 0 Å². The van der Waals surface area contributed by atoms with E-state index in [4.69, 9.17) is 9.47 Å². The van der Waals surface area contributed by atoms with Crippen molar-refractivity contribution in [1.82, 2.24) is 0 Å². The quantitative estimate of drug-likeness (QED) is 0.786. The first kappa shape index (κ1) is 18.3. The average Bonchev–Trinajstić information content (AvgIpc) is 3.09. The van der Waals surface area contributed by atoms with Gasteiger partial charge in [-0.05, 0) is 42.8 Å². The zero-order valence-corrected chi connectivity index (χ0v) is 15.7. The summed E-state index contributed by atoms with van der Waals surface area (Å²) in [5.41, 5.74) is 2.56. The fourth-order valence-corrected chi connectivity index (χ4v) is 3.93. The van der Waals surface area contributed by atoms with Gasteiger partial charge in [0.05, 0.1) is 31.5 Å². The summed E-state index contributed by atoms with van der Waals surface area (Å²) >= 11 is 1.31. The lowest BCUT2D eigenvalue weighted by molar-refractivity contribution is -0.115. The number of nitrogens with one attached hydrogen (secondary N) is 1. The summed E-state index contributed by atoms with van der Waals surface area (Å²) in [5.74, 6) is 0.184. The zero-order chi connectivity index (χ0) is 18.5. The molecule has 0 atom stereocenters. The Hall–Kier alpha value is -2.54. The van der Waals surface area contributed by atoms with Gasteiger partial charge in [-0.3, -0.25) is 4.79 Å². The molecule has 3 rings (SSSR count). The molecule has 138 valence electrons. The first-order chi connectivity index (χ1) is 12.6. The number of methoxy groups -OCH3 is 1. The van der Waals surface area contributed by atoms with E-state index >= 15 is 0 Å². The van der Waals surface area contributed by atoms with Gasteiger partial charge in [0.1, 0.15) is 10.8 Å². The van der Waals surface area contributed by atoms with Gasteiger partial charge in [0.2, 0.25) is 5.91 Å². The monoisotopic (exact) mass is 374 g/mol. The summed E-state index contributed by atoms with van der Waals surface area (Å²) in [6.07, 6.45) is 1.96. The van der Waals surface area contributed by atoms with Crippen LogP contribution in [0.2, 0.25) is 0 Å². The van der Waals surface area contributed by atoms with Crippen LogP contribution in [0, 0.1) is 0 Å². The third-order valence-corrected chi connectivity index (χ3v) is 5.07. The van der Waals surface area contributed by atoms with E-state index in [0.29, 0.717) is 17.2 Å². The molecule has 2 aromatic rings. The molecule has 1 aromatic carbocycles. The number of ether oxygens (including phenoxy) is 2. The molecule has 7 heteroatoms. The third-order valence-electron chi connectivity index (χ3n) is 4.24. The van der Waals surface area contributed by atoms with E-state index in [9.17, 15) is 9.59 Å². The van der Waals surface area contributed by atoms with Gasteiger partial charge >= 0.3 is 5.97 Å². The number of fused-ring (bicyclic) bond motifs is 1. The highest BCUT2D eigenvalue weighted by Gasteiger charge is 2.23. The van der Waals surface area contributed by atoms with Crippen LogP contribution < -0.4 is 15.0 Å². The largest absolute Gasteiger partial charge is 0.495 e. The van der Waals surface area contributed by atoms with E-state index in [2.05, 4.69) is 11.4 Å². The first-order valence-corrected chi connectivity index (χ1v) is 9.47. The van der Waals surface area contributed by atoms with Crippen LogP contribution in [0.3, 0.4) is 0 Å². The maximum Gasteiger partial charge on any atom is 0.341 e. The van der Waals surface area contributed by atoms with Gasteiger partial charge in [-0.15, -0.1) is 11.3 Å². The maximum atomic E-state index is 12.6. The number of thiophene rings is 1. The van der Waals surface area contributed by atoms with E-state index in [-0.39, 0.29) is 12.5 Å². The number of benzene rings is 1. The number of hydrogen-bond donors (Lipinski definition) is 1. The summed E-state index contributed by atoms with van der Waals surface area (Å²) in [6.45, 7) is 3.04. The van der Waals surface area contributed by atoms with Crippen LogP contribution in [-0.4, -0.2) is 38.7 Å². The van der Waals surface area contributed by atoms with Crippen LogP contribution in [0.4, 0.5) is 10.7 Å². The lowest BCUT2D eigenvalue weighted by Crippen LogP contribution is -2.37. The molecule has 1 aromatic heterocycles. The highest BCUT2D eigenvalue weighted by Crippen LogP contribution is 2.36. The Labute approximate surface area is 156 Å². The SMILES string of the molecule is CCOC(=O)c1ccsc1NC(=O)CN1CCCc2cccc(OC)c21. The van der Waals surface area contributed by atoms with Crippen LogP contribution in [0.25, 0.3) is 0 Å². The maximum absolute atomic E-state index is 12.6. The lowest BCUT2D eigenvalue weighted by atomic mass is 10.0. The standard InChI is InChI=1S/C19H22N2O4S/c1-3-25-19(23)14-9-11-26-18(14)20-16(22)12-21-10-5-7-13-6-4-8-15(24-2)17(13)21/h4,6,8-9,11H,3,5,7,10,12H2,1-2H3,(H,20,22).